The van der Waals surface area contributed by atoms with E-state index in [0.717, 1.165) is 33.6 Å². The second-order valence-corrected chi connectivity index (χ2v) is 14.2. The van der Waals surface area contributed by atoms with Crippen LogP contribution in [0.1, 0.15) is 27.7 Å². The molecule has 4 nitrogen and oxygen atoms in total. The fourth-order valence-electron chi connectivity index (χ4n) is 7.38. The van der Waals surface area contributed by atoms with Crippen molar-refractivity contribution in [2.75, 3.05) is 0 Å². The van der Waals surface area contributed by atoms with E-state index in [0.29, 0.717) is 0 Å². The Labute approximate surface area is 293 Å². The lowest BCUT2D eigenvalue weighted by Gasteiger charge is -2.32. The molecule has 0 radical (unpaired) electrons. The van der Waals surface area contributed by atoms with Gasteiger partial charge in [-0.3, -0.25) is 4.57 Å². The van der Waals surface area contributed by atoms with Crippen molar-refractivity contribution < 1.29 is 9.31 Å². The van der Waals surface area contributed by atoms with Crippen molar-refractivity contribution in [3.05, 3.63) is 152 Å². The molecule has 5 heteroatoms. The summed E-state index contributed by atoms with van der Waals surface area (Å²) in [4.78, 5) is 5.13. The molecule has 0 N–H and O–H groups in total. The molecule has 1 fully saturated rings. The molecule has 0 spiro atoms. The molecule has 1 aliphatic heterocycles. The standard InChI is InChI=1S/C45H37BN2O2/c1-44(2)45(3,4)50-46(49-44)33-26-22-32(23-27-33)43-47-39-20-12-13-21-40(39)48(43)34-28-24-31(25-29-34)42-37-18-10-8-16-35(37)41(30-14-6-5-7-15-30)36-17-9-11-19-38(36)42/h5-29H,1-4H3. The van der Waals surface area contributed by atoms with Crippen molar-refractivity contribution in [2.45, 2.75) is 38.9 Å². The van der Waals surface area contributed by atoms with Crippen molar-refractivity contribution >= 4 is 45.2 Å². The molecule has 0 aliphatic carbocycles. The predicted molar refractivity (Wildman–Crippen MR) is 208 cm³/mol. The predicted octanol–water partition coefficient (Wildman–Crippen LogP) is 10.6. The van der Waals surface area contributed by atoms with Crippen LogP contribution in [0.4, 0.5) is 0 Å². The van der Waals surface area contributed by atoms with Crippen LogP contribution < -0.4 is 5.46 Å². The number of para-hydroxylation sites is 2. The molecule has 50 heavy (non-hydrogen) atoms. The van der Waals surface area contributed by atoms with Gasteiger partial charge in [0.1, 0.15) is 5.82 Å². The van der Waals surface area contributed by atoms with Crippen LogP contribution in [0, 0.1) is 0 Å². The molecule has 1 saturated heterocycles. The summed E-state index contributed by atoms with van der Waals surface area (Å²) in [6.45, 7) is 8.33. The molecule has 242 valence electrons. The Hall–Kier alpha value is -5.49. The summed E-state index contributed by atoms with van der Waals surface area (Å²) >= 11 is 0. The first-order chi connectivity index (χ1) is 24.3. The summed E-state index contributed by atoms with van der Waals surface area (Å²) in [5, 5.41) is 4.99. The maximum Gasteiger partial charge on any atom is 0.494 e. The smallest absolute Gasteiger partial charge is 0.399 e. The van der Waals surface area contributed by atoms with Crippen molar-refractivity contribution in [1.29, 1.82) is 0 Å². The Kier molecular flexibility index (Phi) is 7.06. The Balaban J connectivity index is 1.15. The highest BCUT2D eigenvalue weighted by Crippen LogP contribution is 2.44. The fraction of sp³-hybridized carbons (Fsp3) is 0.133. The number of imidazole rings is 1. The lowest BCUT2D eigenvalue weighted by molar-refractivity contribution is 0.00578. The highest BCUT2D eigenvalue weighted by Gasteiger charge is 2.51. The normalized spacial score (nSPS) is 15.3. The third kappa shape index (κ3) is 4.88. The minimum absolute atomic E-state index is 0.390. The molecule has 1 aromatic heterocycles. The third-order valence-corrected chi connectivity index (χ3v) is 10.7. The number of aromatic nitrogens is 2. The first kappa shape index (κ1) is 30.6. The average Bonchev–Trinajstić information content (AvgIpc) is 3.63. The molecule has 0 saturated carbocycles. The van der Waals surface area contributed by atoms with Crippen molar-refractivity contribution in [3.8, 4) is 39.3 Å². The molecule has 7 aromatic carbocycles. The molecular formula is C45H37BN2O2. The number of rotatable bonds is 5. The average molecular weight is 649 g/mol. The van der Waals surface area contributed by atoms with Gasteiger partial charge >= 0.3 is 7.12 Å². The van der Waals surface area contributed by atoms with E-state index in [4.69, 9.17) is 14.3 Å². The second-order valence-electron chi connectivity index (χ2n) is 14.2. The van der Waals surface area contributed by atoms with Gasteiger partial charge < -0.3 is 9.31 Å². The summed E-state index contributed by atoms with van der Waals surface area (Å²) in [5.41, 5.74) is 9.25. The van der Waals surface area contributed by atoms with Gasteiger partial charge in [0.15, 0.2) is 0 Å². The van der Waals surface area contributed by atoms with Gasteiger partial charge in [-0.05, 0) is 101 Å². The first-order valence-electron chi connectivity index (χ1n) is 17.3. The van der Waals surface area contributed by atoms with Gasteiger partial charge in [-0.15, -0.1) is 0 Å². The van der Waals surface area contributed by atoms with E-state index in [1.807, 2.05) is 6.07 Å². The minimum Gasteiger partial charge on any atom is -0.399 e. The fourth-order valence-corrected chi connectivity index (χ4v) is 7.38. The van der Waals surface area contributed by atoms with Crippen LogP contribution in [0.3, 0.4) is 0 Å². The van der Waals surface area contributed by atoms with Crippen LogP contribution >= 0.6 is 0 Å². The van der Waals surface area contributed by atoms with E-state index in [9.17, 15) is 0 Å². The SMILES string of the molecule is CC1(C)OB(c2ccc(-c3nc4ccccc4n3-c3ccc(-c4c5ccccc5c(-c5ccccc5)c5ccccc45)cc3)cc2)OC1(C)C. The summed E-state index contributed by atoms with van der Waals surface area (Å²) < 4.78 is 14.9. The van der Waals surface area contributed by atoms with Crippen LogP contribution in [0.5, 0.6) is 0 Å². The Morgan fingerprint density at radius 2 is 0.940 bits per heavy atom. The molecule has 0 bridgehead atoms. The van der Waals surface area contributed by atoms with E-state index in [1.165, 1.54) is 43.8 Å². The summed E-state index contributed by atoms with van der Waals surface area (Å²) in [6, 6.07) is 54.1. The molecule has 8 aromatic rings. The second kappa shape index (κ2) is 11.6. The molecule has 1 aliphatic rings. The quantitative estimate of drug-likeness (QED) is 0.138. The maximum absolute atomic E-state index is 6.32. The lowest BCUT2D eigenvalue weighted by atomic mass is 9.79. The Morgan fingerprint density at radius 1 is 0.480 bits per heavy atom. The highest BCUT2D eigenvalue weighted by atomic mass is 16.7. The zero-order valence-corrected chi connectivity index (χ0v) is 28.7. The lowest BCUT2D eigenvalue weighted by Crippen LogP contribution is -2.41. The zero-order valence-electron chi connectivity index (χ0n) is 28.7. The monoisotopic (exact) mass is 648 g/mol. The summed E-state index contributed by atoms with van der Waals surface area (Å²) in [5.74, 6) is 0.891. The largest absolute Gasteiger partial charge is 0.494 e. The van der Waals surface area contributed by atoms with E-state index in [2.05, 4.69) is 178 Å². The number of benzene rings is 7. The minimum atomic E-state index is -0.408. The number of fused-ring (bicyclic) bond motifs is 3. The number of nitrogens with zero attached hydrogens (tertiary/aromatic N) is 2. The van der Waals surface area contributed by atoms with E-state index in [-0.39, 0.29) is 11.2 Å². The first-order valence-corrected chi connectivity index (χ1v) is 17.3. The van der Waals surface area contributed by atoms with E-state index < -0.39 is 7.12 Å². The van der Waals surface area contributed by atoms with Gasteiger partial charge in [-0.1, -0.05) is 127 Å². The van der Waals surface area contributed by atoms with Crippen LogP contribution in [-0.2, 0) is 9.31 Å². The van der Waals surface area contributed by atoms with E-state index >= 15 is 0 Å². The Morgan fingerprint density at radius 3 is 1.50 bits per heavy atom. The van der Waals surface area contributed by atoms with Gasteiger partial charge in [0, 0.05) is 11.3 Å². The van der Waals surface area contributed by atoms with Gasteiger partial charge in [0.05, 0.1) is 22.2 Å². The molecule has 9 rings (SSSR count). The number of hydrogen-bond donors (Lipinski definition) is 0. The highest BCUT2D eigenvalue weighted by molar-refractivity contribution is 6.62. The van der Waals surface area contributed by atoms with Gasteiger partial charge in [0.2, 0.25) is 0 Å². The molecular weight excluding hydrogens is 611 g/mol. The summed E-state index contributed by atoms with van der Waals surface area (Å²) in [6.07, 6.45) is 0. The van der Waals surface area contributed by atoms with Crippen LogP contribution in [0.2, 0.25) is 0 Å². The Bertz CT molecular complexity index is 2460. The molecule has 0 atom stereocenters. The van der Waals surface area contributed by atoms with E-state index in [1.54, 1.807) is 0 Å². The zero-order chi connectivity index (χ0) is 34.0. The van der Waals surface area contributed by atoms with Crippen molar-refractivity contribution in [2.24, 2.45) is 0 Å². The summed E-state index contributed by atoms with van der Waals surface area (Å²) in [7, 11) is -0.408. The molecule has 2 heterocycles. The topological polar surface area (TPSA) is 36.3 Å². The van der Waals surface area contributed by atoms with Gasteiger partial charge in [-0.2, -0.15) is 0 Å². The van der Waals surface area contributed by atoms with Gasteiger partial charge in [-0.25, -0.2) is 4.98 Å². The van der Waals surface area contributed by atoms with Crippen molar-refractivity contribution in [3.63, 3.8) is 0 Å². The maximum atomic E-state index is 6.32. The van der Waals surface area contributed by atoms with Crippen LogP contribution in [0.15, 0.2) is 152 Å². The number of hydrogen-bond acceptors (Lipinski definition) is 3. The van der Waals surface area contributed by atoms with Crippen molar-refractivity contribution in [1.82, 2.24) is 9.55 Å². The van der Waals surface area contributed by atoms with Gasteiger partial charge in [0.25, 0.3) is 0 Å². The third-order valence-electron chi connectivity index (χ3n) is 10.7. The van der Waals surface area contributed by atoms with Crippen LogP contribution in [-0.4, -0.2) is 27.9 Å². The van der Waals surface area contributed by atoms with Crippen LogP contribution in [0.25, 0.3) is 71.9 Å². The molecule has 0 amide bonds. The molecule has 0 unspecified atom stereocenters.